The van der Waals surface area contributed by atoms with E-state index in [1.807, 2.05) is 6.07 Å². The zero-order valence-electron chi connectivity index (χ0n) is 21.2. The second-order valence-electron chi connectivity index (χ2n) is 10.5. The summed E-state index contributed by atoms with van der Waals surface area (Å²) in [6.07, 6.45) is 2.92. The molecule has 2 aliphatic carbocycles. The molecule has 2 N–H and O–H groups in total. The van der Waals surface area contributed by atoms with E-state index in [4.69, 9.17) is 9.47 Å². The van der Waals surface area contributed by atoms with E-state index >= 15 is 0 Å². The number of alkyl halides is 3. The second kappa shape index (κ2) is 10.1. The van der Waals surface area contributed by atoms with Crippen LogP contribution in [0.15, 0.2) is 42.5 Å². The number of benzene rings is 2. The first-order valence-electron chi connectivity index (χ1n) is 13.0. The molecule has 3 aliphatic rings. The minimum absolute atomic E-state index is 0.0166. The van der Waals surface area contributed by atoms with E-state index in [9.17, 15) is 18.0 Å². The molecule has 37 heavy (non-hydrogen) atoms. The molecule has 0 spiro atoms. The number of likely N-dealkylation sites (tertiary alicyclic amines) is 1. The summed E-state index contributed by atoms with van der Waals surface area (Å²) in [5, 5.41) is 5.78. The lowest BCUT2D eigenvalue weighted by atomic mass is 9.64. The minimum atomic E-state index is -4.41. The standard InChI is InChI=1S/C28H34F3N3O3/c1-36-23-11-8-19(16-24(23)37-2)27-13-12-21(17-25(27)34(15-14-27)22-4-3-5-22)33-26(35)32-20-9-6-18(7-10-20)28(29,30)31/h6-11,16,21-22,25H,3-5,12-15,17H2,1-2H3,(H2,32,33,35)/t21-,25+,27-/m0/s1. The van der Waals surface area contributed by atoms with E-state index < -0.39 is 17.8 Å². The Morgan fingerprint density at radius 2 is 1.73 bits per heavy atom. The van der Waals surface area contributed by atoms with Gasteiger partial charge in [-0.05, 0) is 87.0 Å². The van der Waals surface area contributed by atoms with Crippen LogP contribution in [0.25, 0.3) is 0 Å². The monoisotopic (exact) mass is 517 g/mol. The Hall–Kier alpha value is -2.94. The molecule has 0 bridgehead atoms. The van der Waals surface area contributed by atoms with Crippen molar-refractivity contribution in [2.45, 2.75) is 74.7 Å². The first-order chi connectivity index (χ1) is 17.7. The highest BCUT2D eigenvalue weighted by molar-refractivity contribution is 5.89. The highest BCUT2D eigenvalue weighted by atomic mass is 19.4. The van der Waals surface area contributed by atoms with E-state index in [0.29, 0.717) is 23.5 Å². The first kappa shape index (κ1) is 25.7. The molecule has 3 atom stereocenters. The van der Waals surface area contributed by atoms with Crippen LogP contribution in [0.1, 0.15) is 56.1 Å². The Morgan fingerprint density at radius 1 is 1.00 bits per heavy atom. The quantitative estimate of drug-likeness (QED) is 0.496. The Morgan fingerprint density at radius 3 is 2.35 bits per heavy atom. The number of nitrogens with one attached hydrogen (secondary N) is 2. The number of ether oxygens (including phenoxy) is 2. The molecule has 2 aromatic rings. The average Bonchev–Trinajstić information content (AvgIpc) is 3.21. The average molecular weight is 518 g/mol. The van der Waals surface area contributed by atoms with Crippen LogP contribution in [0, 0.1) is 0 Å². The number of urea groups is 1. The van der Waals surface area contributed by atoms with Gasteiger partial charge in [0.1, 0.15) is 0 Å². The zero-order valence-corrected chi connectivity index (χ0v) is 21.2. The summed E-state index contributed by atoms with van der Waals surface area (Å²) in [6, 6.07) is 11.2. The molecule has 2 saturated carbocycles. The number of methoxy groups -OCH3 is 2. The molecule has 1 saturated heterocycles. The first-order valence-corrected chi connectivity index (χ1v) is 13.0. The number of fused-ring (bicyclic) bond motifs is 1. The van der Waals surface area contributed by atoms with Crippen LogP contribution < -0.4 is 20.1 Å². The van der Waals surface area contributed by atoms with Crippen molar-refractivity contribution in [3.8, 4) is 11.5 Å². The summed E-state index contributed by atoms with van der Waals surface area (Å²) >= 11 is 0. The minimum Gasteiger partial charge on any atom is -0.493 e. The molecule has 200 valence electrons. The van der Waals surface area contributed by atoms with Crippen LogP contribution >= 0.6 is 0 Å². The van der Waals surface area contributed by atoms with Crippen LogP contribution in [-0.2, 0) is 11.6 Å². The normalized spacial score (nSPS) is 26.2. The third-order valence-corrected chi connectivity index (χ3v) is 8.61. The summed E-state index contributed by atoms with van der Waals surface area (Å²) in [7, 11) is 3.29. The molecule has 1 heterocycles. The van der Waals surface area contributed by atoms with Crippen molar-refractivity contribution in [1.82, 2.24) is 10.2 Å². The van der Waals surface area contributed by atoms with Gasteiger partial charge < -0.3 is 20.1 Å². The van der Waals surface area contributed by atoms with Gasteiger partial charge in [0.05, 0.1) is 19.8 Å². The fourth-order valence-corrected chi connectivity index (χ4v) is 6.45. The third-order valence-electron chi connectivity index (χ3n) is 8.61. The predicted octanol–water partition coefficient (Wildman–Crippen LogP) is 5.96. The molecule has 5 rings (SSSR count). The molecular formula is C28H34F3N3O3. The summed E-state index contributed by atoms with van der Waals surface area (Å²) in [5.74, 6) is 1.44. The Bertz CT molecular complexity index is 1120. The van der Waals surface area contributed by atoms with E-state index in [2.05, 4.69) is 27.7 Å². The number of carbonyl (C=O) groups is 1. The van der Waals surface area contributed by atoms with Crippen molar-refractivity contribution in [3.63, 3.8) is 0 Å². The third kappa shape index (κ3) is 4.98. The topological polar surface area (TPSA) is 62.8 Å². The highest BCUT2D eigenvalue weighted by Gasteiger charge is 2.53. The summed E-state index contributed by atoms with van der Waals surface area (Å²) in [5.41, 5.74) is 0.828. The van der Waals surface area contributed by atoms with Crippen molar-refractivity contribution in [1.29, 1.82) is 0 Å². The van der Waals surface area contributed by atoms with Gasteiger partial charge in [0.25, 0.3) is 0 Å². The lowest BCUT2D eigenvalue weighted by molar-refractivity contribution is -0.137. The number of rotatable bonds is 6. The van der Waals surface area contributed by atoms with Crippen molar-refractivity contribution < 1.29 is 27.4 Å². The molecule has 0 radical (unpaired) electrons. The number of hydrogen-bond donors (Lipinski definition) is 2. The van der Waals surface area contributed by atoms with Crippen LogP contribution in [-0.4, -0.2) is 49.8 Å². The molecule has 9 heteroatoms. The number of anilines is 1. The van der Waals surface area contributed by atoms with Gasteiger partial charge in [-0.3, -0.25) is 4.90 Å². The highest BCUT2D eigenvalue weighted by Crippen LogP contribution is 2.52. The molecule has 0 unspecified atom stereocenters. The Kier molecular flexibility index (Phi) is 7.00. The maximum Gasteiger partial charge on any atom is 0.416 e. The largest absolute Gasteiger partial charge is 0.493 e. The van der Waals surface area contributed by atoms with Gasteiger partial charge in [-0.2, -0.15) is 13.2 Å². The van der Waals surface area contributed by atoms with Gasteiger partial charge in [-0.15, -0.1) is 0 Å². The molecular weight excluding hydrogens is 483 g/mol. The van der Waals surface area contributed by atoms with E-state index in [-0.39, 0.29) is 11.5 Å². The van der Waals surface area contributed by atoms with E-state index in [1.54, 1.807) is 14.2 Å². The lowest BCUT2D eigenvalue weighted by Gasteiger charge is -2.48. The number of hydrogen-bond acceptors (Lipinski definition) is 4. The molecule has 2 amide bonds. The molecule has 6 nitrogen and oxygen atoms in total. The van der Waals surface area contributed by atoms with Gasteiger partial charge in [-0.25, -0.2) is 4.79 Å². The van der Waals surface area contributed by atoms with Crippen molar-refractivity contribution in [2.24, 2.45) is 0 Å². The zero-order chi connectivity index (χ0) is 26.2. The molecule has 2 aromatic carbocycles. The number of carbonyl (C=O) groups excluding carboxylic acids is 1. The molecule has 0 aromatic heterocycles. The van der Waals surface area contributed by atoms with Crippen molar-refractivity contribution in [2.75, 3.05) is 26.1 Å². The smallest absolute Gasteiger partial charge is 0.416 e. The van der Waals surface area contributed by atoms with Crippen LogP contribution in [0.4, 0.5) is 23.7 Å². The SMILES string of the molecule is COc1ccc([C@@]23CC[C@H](NC(=O)Nc4ccc(C(F)(F)F)cc4)C[C@H]2N(C2CCC2)CC3)cc1OC. The van der Waals surface area contributed by atoms with Gasteiger partial charge in [-0.1, -0.05) is 12.5 Å². The number of amides is 2. The van der Waals surface area contributed by atoms with Crippen LogP contribution in [0.5, 0.6) is 11.5 Å². The van der Waals surface area contributed by atoms with Gasteiger partial charge in [0.15, 0.2) is 11.5 Å². The van der Waals surface area contributed by atoms with E-state index in [1.165, 1.54) is 37.0 Å². The maximum atomic E-state index is 12.8. The number of nitrogens with zero attached hydrogens (tertiary/aromatic N) is 1. The maximum absolute atomic E-state index is 12.8. The van der Waals surface area contributed by atoms with Crippen molar-refractivity contribution >= 4 is 11.7 Å². The van der Waals surface area contributed by atoms with Crippen molar-refractivity contribution in [3.05, 3.63) is 53.6 Å². The van der Waals surface area contributed by atoms with Gasteiger partial charge >= 0.3 is 12.2 Å². The Balaban J connectivity index is 1.31. The fraction of sp³-hybridized carbons (Fsp3) is 0.536. The van der Waals surface area contributed by atoms with E-state index in [0.717, 1.165) is 50.1 Å². The summed E-state index contributed by atoms with van der Waals surface area (Å²) in [4.78, 5) is 15.4. The van der Waals surface area contributed by atoms with Gasteiger partial charge in [0, 0.05) is 29.2 Å². The Labute approximate surface area is 215 Å². The molecule has 1 aliphatic heterocycles. The summed E-state index contributed by atoms with van der Waals surface area (Å²) in [6.45, 7) is 1.04. The summed E-state index contributed by atoms with van der Waals surface area (Å²) < 4.78 is 49.6. The molecule has 3 fully saturated rings. The second-order valence-corrected chi connectivity index (χ2v) is 10.5. The van der Waals surface area contributed by atoms with Gasteiger partial charge in [0.2, 0.25) is 0 Å². The van der Waals surface area contributed by atoms with Crippen LogP contribution in [0.3, 0.4) is 0 Å². The predicted molar refractivity (Wildman–Crippen MR) is 135 cm³/mol. The fourth-order valence-electron chi connectivity index (χ4n) is 6.45. The lowest BCUT2D eigenvalue weighted by Crippen LogP contribution is -2.55. The van der Waals surface area contributed by atoms with Crippen LogP contribution in [0.2, 0.25) is 0 Å². The number of halogens is 3.